The van der Waals surface area contributed by atoms with Crippen molar-refractivity contribution >= 4 is 17.7 Å². The highest BCUT2D eigenvalue weighted by molar-refractivity contribution is 7.98. The molecule has 0 amide bonds. The molecule has 1 rings (SSSR count). The average Bonchev–Trinajstić information content (AvgIpc) is 1.64. The van der Waals surface area contributed by atoms with Crippen molar-refractivity contribution in [1.82, 2.24) is 0 Å². The number of carbonyl (C=O) groups is 1. The molecule has 46 valence electrons. The molecule has 0 N–H and O–H groups in total. The molecule has 1 aliphatic heterocycles. The van der Waals surface area contributed by atoms with Crippen LogP contribution in [0.1, 0.15) is 6.42 Å². The second-order valence-electron chi connectivity index (χ2n) is 1.77. The number of cyclic esters (lactones) is 1. The van der Waals surface area contributed by atoms with Crippen LogP contribution in [0, 0.1) is 0 Å². The third-order valence-electron chi connectivity index (χ3n) is 1.05. The first kappa shape index (κ1) is 5.95. The van der Waals surface area contributed by atoms with Crippen LogP contribution in [0.25, 0.3) is 0 Å². The van der Waals surface area contributed by atoms with Gasteiger partial charge in [0.25, 0.3) is 0 Å². The van der Waals surface area contributed by atoms with Crippen LogP contribution in [0.15, 0.2) is 0 Å². The van der Waals surface area contributed by atoms with E-state index in [9.17, 15) is 4.79 Å². The van der Waals surface area contributed by atoms with Gasteiger partial charge in [-0.05, 0) is 6.26 Å². The fourth-order valence-electron chi connectivity index (χ4n) is 0.641. The predicted octanol–water partition coefficient (Wildman–Crippen LogP) is 0.665. The van der Waals surface area contributed by atoms with E-state index in [4.69, 9.17) is 4.74 Å². The van der Waals surface area contributed by atoms with Gasteiger partial charge in [-0.25, -0.2) is 0 Å². The largest absolute Gasteiger partial charge is 0.461 e. The van der Waals surface area contributed by atoms with Gasteiger partial charge in [0.2, 0.25) is 0 Å². The van der Waals surface area contributed by atoms with Gasteiger partial charge in [-0.1, -0.05) is 0 Å². The van der Waals surface area contributed by atoms with Crippen LogP contribution < -0.4 is 0 Å². The number of rotatable bonds is 2. The lowest BCUT2D eigenvalue weighted by molar-refractivity contribution is -0.166. The molecule has 1 unspecified atom stereocenters. The number of carbonyl (C=O) groups excluding carboxylic acids is 1. The summed E-state index contributed by atoms with van der Waals surface area (Å²) in [5, 5.41) is 0. The van der Waals surface area contributed by atoms with Crippen molar-refractivity contribution < 1.29 is 9.53 Å². The first-order chi connectivity index (χ1) is 3.83. The first-order valence-electron chi connectivity index (χ1n) is 2.51. The average molecular weight is 132 g/mol. The lowest BCUT2D eigenvalue weighted by Crippen LogP contribution is -2.34. The fraction of sp³-hybridized carbons (Fsp3) is 0.800. The summed E-state index contributed by atoms with van der Waals surface area (Å²) >= 11 is 1.71. The lowest BCUT2D eigenvalue weighted by atomic mass is 10.2. The summed E-state index contributed by atoms with van der Waals surface area (Å²) in [6, 6.07) is 0. The molecule has 0 aliphatic carbocycles. The van der Waals surface area contributed by atoms with Gasteiger partial charge in [-0.2, -0.15) is 11.8 Å². The molecule has 2 nitrogen and oxygen atoms in total. The highest BCUT2D eigenvalue weighted by atomic mass is 32.2. The maximum absolute atomic E-state index is 10.2. The van der Waals surface area contributed by atoms with Crippen LogP contribution in [0.3, 0.4) is 0 Å². The topological polar surface area (TPSA) is 26.3 Å². The van der Waals surface area contributed by atoms with E-state index in [-0.39, 0.29) is 12.1 Å². The molecule has 0 aromatic carbocycles. The quantitative estimate of drug-likeness (QED) is 0.516. The molecule has 1 heterocycles. The van der Waals surface area contributed by atoms with E-state index >= 15 is 0 Å². The molecule has 0 saturated carbocycles. The Hall–Kier alpha value is -0.180. The standard InChI is InChI=1S/C5H8O2S/c1-8-3-4-2-5(6)7-4/h4H,2-3H2,1H3. The SMILES string of the molecule is CSCC1CC(=O)O1. The van der Waals surface area contributed by atoms with Gasteiger partial charge in [-0.15, -0.1) is 0 Å². The smallest absolute Gasteiger partial charge is 0.309 e. The van der Waals surface area contributed by atoms with Crippen LogP contribution in [-0.2, 0) is 9.53 Å². The molecule has 0 aromatic rings. The lowest BCUT2D eigenvalue weighted by Gasteiger charge is -2.24. The molecular weight excluding hydrogens is 124 g/mol. The van der Waals surface area contributed by atoms with Crippen molar-refractivity contribution in [2.75, 3.05) is 12.0 Å². The summed E-state index contributed by atoms with van der Waals surface area (Å²) in [5.74, 6) is 0.898. The van der Waals surface area contributed by atoms with Gasteiger partial charge < -0.3 is 4.74 Å². The second kappa shape index (κ2) is 2.40. The zero-order valence-electron chi connectivity index (χ0n) is 4.72. The molecule has 0 radical (unpaired) electrons. The minimum atomic E-state index is -0.0518. The summed E-state index contributed by atoms with van der Waals surface area (Å²) in [6.45, 7) is 0. The van der Waals surface area contributed by atoms with Crippen molar-refractivity contribution in [3.05, 3.63) is 0 Å². The molecule has 0 spiro atoms. The van der Waals surface area contributed by atoms with Gasteiger partial charge in [0.15, 0.2) is 0 Å². The zero-order chi connectivity index (χ0) is 5.98. The van der Waals surface area contributed by atoms with Gasteiger partial charge in [0, 0.05) is 5.75 Å². The van der Waals surface area contributed by atoms with E-state index < -0.39 is 0 Å². The predicted molar refractivity (Wildman–Crippen MR) is 32.9 cm³/mol. The molecule has 1 atom stereocenters. The number of thioether (sulfide) groups is 1. The van der Waals surface area contributed by atoms with Gasteiger partial charge in [0.05, 0.1) is 6.42 Å². The van der Waals surface area contributed by atoms with E-state index in [0.717, 1.165) is 5.75 Å². The molecule has 0 aromatic heterocycles. The van der Waals surface area contributed by atoms with E-state index in [1.807, 2.05) is 6.26 Å². The van der Waals surface area contributed by atoms with Gasteiger partial charge >= 0.3 is 5.97 Å². The Morgan fingerprint density at radius 2 is 2.62 bits per heavy atom. The maximum atomic E-state index is 10.2. The third-order valence-corrected chi connectivity index (χ3v) is 1.75. The van der Waals surface area contributed by atoms with Crippen LogP contribution >= 0.6 is 11.8 Å². The van der Waals surface area contributed by atoms with Gasteiger partial charge in [-0.3, -0.25) is 4.79 Å². The van der Waals surface area contributed by atoms with Crippen LogP contribution in [0.5, 0.6) is 0 Å². The number of hydrogen-bond acceptors (Lipinski definition) is 3. The Balaban J connectivity index is 2.06. The number of hydrogen-bond donors (Lipinski definition) is 0. The summed E-state index contributed by atoms with van der Waals surface area (Å²) < 4.78 is 4.72. The van der Waals surface area contributed by atoms with Crippen molar-refractivity contribution in [1.29, 1.82) is 0 Å². The normalized spacial score (nSPS) is 26.6. The molecule has 3 heteroatoms. The summed E-state index contributed by atoms with van der Waals surface area (Å²) in [6.07, 6.45) is 2.85. The van der Waals surface area contributed by atoms with Crippen LogP contribution in [0.2, 0.25) is 0 Å². The first-order valence-corrected chi connectivity index (χ1v) is 3.90. The number of esters is 1. The van der Waals surface area contributed by atoms with Crippen molar-refractivity contribution in [2.45, 2.75) is 12.5 Å². The second-order valence-corrected chi connectivity index (χ2v) is 2.68. The zero-order valence-corrected chi connectivity index (χ0v) is 5.53. The van der Waals surface area contributed by atoms with E-state index in [1.54, 1.807) is 11.8 Å². The third kappa shape index (κ3) is 1.15. The number of ether oxygens (including phenoxy) is 1. The highest BCUT2D eigenvalue weighted by Crippen LogP contribution is 2.16. The summed E-state index contributed by atoms with van der Waals surface area (Å²) in [7, 11) is 0. The van der Waals surface area contributed by atoms with E-state index in [1.165, 1.54) is 0 Å². The van der Waals surface area contributed by atoms with Crippen LogP contribution in [0.4, 0.5) is 0 Å². The molecule has 8 heavy (non-hydrogen) atoms. The summed E-state index contributed by atoms with van der Waals surface area (Å²) in [5.41, 5.74) is 0. The Morgan fingerprint density at radius 3 is 3.00 bits per heavy atom. The molecule has 1 saturated heterocycles. The monoisotopic (exact) mass is 132 g/mol. The fourth-order valence-corrected chi connectivity index (χ4v) is 1.20. The molecule has 0 bridgehead atoms. The molecule has 1 fully saturated rings. The Bertz CT molecular complexity index is 94.6. The minimum absolute atomic E-state index is 0.0518. The molecule has 1 aliphatic rings. The Kier molecular flexibility index (Phi) is 1.78. The highest BCUT2D eigenvalue weighted by Gasteiger charge is 2.27. The molecular formula is C5H8O2S. The maximum Gasteiger partial charge on any atom is 0.309 e. The van der Waals surface area contributed by atoms with Crippen molar-refractivity contribution in [3.8, 4) is 0 Å². The minimum Gasteiger partial charge on any atom is -0.461 e. The Morgan fingerprint density at radius 1 is 2.00 bits per heavy atom. The van der Waals surface area contributed by atoms with Gasteiger partial charge in [0.1, 0.15) is 6.10 Å². The van der Waals surface area contributed by atoms with E-state index in [2.05, 4.69) is 0 Å². The van der Waals surface area contributed by atoms with Crippen LogP contribution in [-0.4, -0.2) is 24.1 Å². The van der Waals surface area contributed by atoms with Crippen molar-refractivity contribution in [3.63, 3.8) is 0 Å². The summed E-state index contributed by atoms with van der Waals surface area (Å²) in [4.78, 5) is 10.2. The van der Waals surface area contributed by atoms with E-state index in [0.29, 0.717) is 6.42 Å². The van der Waals surface area contributed by atoms with Crippen molar-refractivity contribution in [2.24, 2.45) is 0 Å². The Labute approximate surface area is 52.6 Å².